The number of aliphatic imine (C=N–C) groups is 1. The van der Waals surface area contributed by atoms with Crippen LogP contribution >= 0.6 is 0 Å². The summed E-state index contributed by atoms with van der Waals surface area (Å²) >= 11 is 0. The van der Waals surface area contributed by atoms with E-state index in [0.717, 1.165) is 24.1 Å². The van der Waals surface area contributed by atoms with E-state index in [4.69, 9.17) is 10.5 Å². The first kappa shape index (κ1) is 25.2. The summed E-state index contributed by atoms with van der Waals surface area (Å²) in [6.07, 6.45) is 9.05. The average molecular weight is 491 g/mol. The second-order valence-corrected chi connectivity index (χ2v) is 8.97. The molecule has 2 atom stereocenters. The van der Waals surface area contributed by atoms with Crippen LogP contribution in [0.3, 0.4) is 0 Å². The molecule has 0 spiro atoms. The number of fused-ring (bicyclic) bond motifs is 1. The van der Waals surface area contributed by atoms with Crippen molar-refractivity contribution < 1.29 is 19.0 Å². The number of amidine groups is 1. The minimum Gasteiger partial charge on any atom is -0.495 e. The van der Waals surface area contributed by atoms with E-state index >= 15 is 0 Å². The molecule has 4 rings (SSSR count). The van der Waals surface area contributed by atoms with Gasteiger partial charge in [0.25, 0.3) is 5.91 Å². The highest BCUT2D eigenvalue weighted by atomic mass is 19.1. The van der Waals surface area contributed by atoms with Gasteiger partial charge in [-0.05, 0) is 67.7 Å². The van der Waals surface area contributed by atoms with Crippen molar-refractivity contribution in [1.29, 1.82) is 0 Å². The number of rotatable bonds is 8. The Morgan fingerprint density at radius 3 is 2.72 bits per heavy atom. The Labute approximate surface area is 210 Å². The van der Waals surface area contributed by atoms with Gasteiger partial charge >= 0.3 is 0 Å². The highest BCUT2D eigenvalue weighted by molar-refractivity contribution is 6.12. The Kier molecular flexibility index (Phi) is 7.26. The van der Waals surface area contributed by atoms with E-state index in [0.29, 0.717) is 29.3 Å². The van der Waals surface area contributed by atoms with Gasteiger partial charge in [0.05, 0.1) is 25.4 Å². The second-order valence-electron chi connectivity index (χ2n) is 8.97. The number of carbonyl (C=O) groups excluding carboxylic acids is 1. The maximum Gasteiger partial charge on any atom is 0.278 e. The Morgan fingerprint density at radius 1 is 1.33 bits per heavy atom. The molecule has 2 aromatic carbocycles. The van der Waals surface area contributed by atoms with Gasteiger partial charge < -0.3 is 25.4 Å². The molecule has 2 heterocycles. The minimum absolute atomic E-state index is 0.114. The van der Waals surface area contributed by atoms with Gasteiger partial charge in [0.2, 0.25) is 0 Å². The van der Waals surface area contributed by atoms with Gasteiger partial charge in [-0.2, -0.15) is 4.99 Å². The predicted molar refractivity (Wildman–Crippen MR) is 140 cm³/mol. The van der Waals surface area contributed by atoms with E-state index in [9.17, 15) is 14.3 Å². The van der Waals surface area contributed by atoms with Crippen molar-refractivity contribution in [3.05, 3.63) is 90.2 Å². The van der Waals surface area contributed by atoms with Crippen LogP contribution in [0.5, 0.6) is 5.75 Å². The SMILES string of the molecule is C=CN(/C=C(/C)N)c1ccc(/C=C/C2=NC(=O)C3(c4ccc(F)cc4)CCCC(CO)N23)cc1OC. The largest absolute Gasteiger partial charge is 0.495 e. The summed E-state index contributed by atoms with van der Waals surface area (Å²) in [5.74, 6) is 0.420. The maximum atomic E-state index is 13.6. The van der Waals surface area contributed by atoms with E-state index in [2.05, 4.69) is 11.6 Å². The topological polar surface area (TPSA) is 91.4 Å². The standard InChI is InChI=1S/C28H31FN4O3/c1-4-32(17-19(2)30)24-13-7-20(16-25(24)36-3)8-14-26-31-27(35)28(21-9-11-22(29)12-10-21)15-5-6-23(18-34)33(26)28/h4,7-14,16-17,23,34H,1,5-6,15,18,30H2,2-3H3/b14-8+,19-17-. The van der Waals surface area contributed by atoms with Gasteiger partial charge in [0.1, 0.15) is 22.9 Å². The lowest BCUT2D eigenvalue weighted by molar-refractivity contribution is -0.129. The molecule has 36 heavy (non-hydrogen) atoms. The molecule has 1 fully saturated rings. The van der Waals surface area contributed by atoms with Crippen LogP contribution in [0, 0.1) is 5.82 Å². The summed E-state index contributed by atoms with van der Waals surface area (Å²) in [7, 11) is 1.59. The highest BCUT2D eigenvalue weighted by Crippen LogP contribution is 2.45. The monoisotopic (exact) mass is 490 g/mol. The lowest BCUT2D eigenvalue weighted by atomic mass is 9.78. The number of methoxy groups -OCH3 is 1. The van der Waals surface area contributed by atoms with Crippen LogP contribution in [-0.4, -0.2) is 41.5 Å². The van der Waals surface area contributed by atoms with E-state index in [1.807, 2.05) is 29.2 Å². The first-order valence-electron chi connectivity index (χ1n) is 11.8. The number of aliphatic hydroxyl groups is 1. The van der Waals surface area contributed by atoms with E-state index < -0.39 is 5.54 Å². The maximum absolute atomic E-state index is 13.6. The van der Waals surface area contributed by atoms with Crippen LogP contribution in [0.25, 0.3) is 6.08 Å². The molecule has 0 bridgehead atoms. The molecule has 0 radical (unpaired) electrons. The zero-order valence-corrected chi connectivity index (χ0v) is 20.5. The molecule has 1 saturated heterocycles. The van der Waals surface area contributed by atoms with Gasteiger partial charge in [-0.3, -0.25) is 4.79 Å². The molecule has 0 saturated carbocycles. The Morgan fingerprint density at radius 2 is 2.08 bits per heavy atom. The number of ether oxygens (including phenoxy) is 1. The van der Waals surface area contributed by atoms with Crippen molar-refractivity contribution >= 4 is 23.5 Å². The number of allylic oxidation sites excluding steroid dienone is 1. The number of anilines is 1. The number of piperidine rings is 1. The van der Waals surface area contributed by atoms with Crippen molar-refractivity contribution in [2.24, 2.45) is 10.7 Å². The van der Waals surface area contributed by atoms with Crippen LogP contribution in [-0.2, 0) is 10.3 Å². The van der Waals surface area contributed by atoms with Crippen molar-refractivity contribution in [2.75, 3.05) is 18.6 Å². The van der Waals surface area contributed by atoms with Crippen LogP contribution in [0.2, 0.25) is 0 Å². The Hall–Kier alpha value is -3.91. The number of aliphatic hydroxyl groups excluding tert-OH is 1. The Balaban J connectivity index is 1.69. The van der Waals surface area contributed by atoms with Gasteiger partial charge in [-0.15, -0.1) is 0 Å². The summed E-state index contributed by atoms with van der Waals surface area (Å²) in [5.41, 5.74) is 7.69. The molecular weight excluding hydrogens is 459 g/mol. The number of amides is 1. The van der Waals surface area contributed by atoms with Crippen LogP contribution in [0.1, 0.15) is 37.3 Å². The molecule has 2 aromatic rings. The summed E-state index contributed by atoms with van der Waals surface area (Å²) in [5, 5.41) is 10.1. The zero-order valence-electron chi connectivity index (χ0n) is 20.5. The van der Waals surface area contributed by atoms with E-state index in [1.54, 1.807) is 49.5 Å². The van der Waals surface area contributed by atoms with Crippen LogP contribution in [0.15, 0.2) is 78.2 Å². The van der Waals surface area contributed by atoms with Crippen LogP contribution in [0.4, 0.5) is 10.1 Å². The van der Waals surface area contributed by atoms with E-state index in [-0.39, 0.29) is 24.4 Å². The van der Waals surface area contributed by atoms with Crippen LogP contribution < -0.4 is 15.4 Å². The van der Waals surface area contributed by atoms with Crippen molar-refractivity contribution in [2.45, 2.75) is 37.8 Å². The lowest BCUT2D eigenvalue weighted by Crippen LogP contribution is -2.57. The van der Waals surface area contributed by atoms with Crippen molar-refractivity contribution in [3.8, 4) is 5.75 Å². The second kappa shape index (κ2) is 10.4. The highest BCUT2D eigenvalue weighted by Gasteiger charge is 2.54. The molecule has 3 N–H and O–H groups in total. The lowest BCUT2D eigenvalue weighted by Gasteiger charge is -2.46. The van der Waals surface area contributed by atoms with Gasteiger partial charge in [-0.25, -0.2) is 4.39 Å². The minimum atomic E-state index is -1.04. The quantitative estimate of drug-likeness (QED) is 0.573. The number of hydrogen-bond acceptors (Lipinski definition) is 6. The van der Waals surface area contributed by atoms with Gasteiger partial charge in [0, 0.05) is 18.1 Å². The third-order valence-electron chi connectivity index (χ3n) is 6.65. The molecule has 7 nitrogen and oxygen atoms in total. The molecule has 0 aromatic heterocycles. The summed E-state index contributed by atoms with van der Waals surface area (Å²) in [6.45, 7) is 5.51. The fraction of sp³-hybridized carbons (Fsp3) is 0.286. The molecule has 0 aliphatic carbocycles. The smallest absolute Gasteiger partial charge is 0.278 e. The third-order valence-corrected chi connectivity index (χ3v) is 6.65. The summed E-state index contributed by atoms with van der Waals surface area (Å²) in [4.78, 5) is 21.4. The predicted octanol–water partition coefficient (Wildman–Crippen LogP) is 4.30. The Bertz CT molecular complexity index is 1230. The third kappa shape index (κ3) is 4.52. The first-order valence-corrected chi connectivity index (χ1v) is 11.8. The molecule has 2 aliphatic heterocycles. The number of benzene rings is 2. The fourth-order valence-corrected chi connectivity index (χ4v) is 5.04. The molecule has 2 unspecified atom stereocenters. The first-order chi connectivity index (χ1) is 17.3. The number of nitrogens with zero attached hydrogens (tertiary/aromatic N) is 3. The summed E-state index contributed by atoms with van der Waals surface area (Å²) < 4.78 is 19.2. The number of halogens is 1. The van der Waals surface area contributed by atoms with Crippen molar-refractivity contribution in [3.63, 3.8) is 0 Å². The van der Waals surface area contributed by atoms with Crippen molar-refractivity contribution in [1.82, 2.24) is 4.90 Å². The zero-order chi connectivity index (χ0) is 25.9. The molecule has 8 heteroatoms. The normalized spacial score (nSPS) is 21.9. The number of carbonyl (C=O) groups is 1. The van der Waals surface area contributed by atoms with Gasteiger partial charge in [0.15, 0.2) is 0 Å². The number of hydrogen-bond donors (Lipinski definition) is 2. The molecule has 1 amide bonds. The average Bonchev–Trinajstić information content (AvgIpc) is 3.18. The van der Waals surface area contributed by atoms with Gasteiger partial charge in [-0.1, -0.05) is 30.9 Å². The van der Waals surface area contributed by atoms with E-state index in [1.165, 1.54) is 12.1 Å². The fourth-order valence-electron chi connectivity index (χ4n) is 5.04. The number of nitrogens with two attached hydrogens (primary N) is 1. The molecule has 2 aliphatic rings. The molecular formula is C28H31FN4O3. The summed E-state index contributed by atoms with van der Waals surface area (Å²) in [6, 6.07) is 11.4. The molecule has 188 valence electrons.